The van der Waals surface area contributed by atoms with E-state index < -0.39 is 0 Å². The molecule has 1 aliphatic carbocycles. The second-order valence-corrected chi connectivity index (χ2v) is 5.23. The van der Waals surface area contributed by atoms with Crippen molar-refractivity contribution in [3.8, 4) is 0 Å². The van der Waals surface area contributed by atoms with Gasteiger partial charge in [0.15, 0.2) is 0 Å². The van der Waals surface area contributed by atoms with Crippen LogP contribution in [-0.4, -0.2) is 19.0 Å². The van der Waals surface area contributed by atoms with E-state index in [1.54, 1.807) is 0 Å². The topological polar surface area (TPSA) is 55.1 Å². The van der Waals surface area contributed by atoms with E-state index in [1.807, 2.05) is 13.8 Å². The van der Waals surface area contributed by atoms with Gasteiger partial charge in [-0.05, 0) is 37.5 Å². The van der Waals surface area contributed by atoms with E-state index in [0.717, 1.165) is 19.4 Å². The molecule has 1 saturated carbocycles. The highest BCUT2D eigenvalue weighted by Crippen LogP contribution is 2.48. The highest BCUT2D eigenvalue weighted by atomic mass is 16.2. The lowest BCUT2D eigenvalue weighted by molar-refractivity contribution is -0.131. The van der Waals surface area contributed by atoms with Crippen molar-refractivity contribution in [2.75, 3.05) is 13.1 Å². The Bertz CT molecular complexity index is 234. The number of nitrogens with one attached hydrogen (secondary N) is 1. The standard InChI is InChI=1S/C13H26N2O/c1-4-12(7-8-12)10-15-11(16)13(5-2,6-3)9-14/h4-10,14H2,1-3H3,(H,15,16). The van der Waals surface area contributed by atoms with Gasteiger partial charge < -0.3 is 11.1 Å². The third kappa shape index (κ3) is 2.57. The van der Waals surface area contributed by atoms with Crippen molar-refractivity contribution in [1.82, 2.24) is 5.32 Å². The molecule has 3 nitrogen and oxygen atoms in total. The third-order valence-electron chi connectivity index (χ3n) is 4.56. The van der Waals surface area contributed by atoms with E-state index in [9.17, 15) is 4.79 Å². The normalized spacial score (nSPS) is 18.2. The zero-order chi connectivity index (χ0) is 12.2. The monoisotopic (exact) mass is 226 g/mol. The van der Waals surface area contributed by atoms with Crippen LogP contribution >= 0.6 is 0 Å². The maximum absolute atomic E-state index is 12.2. The summed E-state index contributed by atoms with van der Waals surface area (Å²) in [7, 11) is 0. The van der Waals surface area contributed by atoms with Gasteiger partial charge in [-0.1, -0.05) is 20.8 Å². The van der Waals surface area contributed by atoms with Gasteiger partial charge in [0.05, 0.1) is 5.41 Å². The number of amides is 1. The molecule has 0 atom stereocenters. The summed E-state index contributed by atoms with van der Waals surface area (Å²) in [4.78, 5) is 12.2. The number of carbonyl (C=O) groups is 1. The molecule has 0 aromatic heterocycles. The van der Waals surface area contributed by atoms with Crippen molar-refractivity contribution in [1.29, 1.82) is 0 Å². The summed E-state index contributed by atoms with van der Waals surface area (Å²) in [5.41, 5.74) is 5.83. The fraction of sp³-hybridized carbons (Fsp3) is 0.923. The SMILES string of the molecule is CCC1(CNC(=O)C(CC)(CC)CN)CC1. The van der Waals surface area contributed by atoms with E-state index >= 15 is 0 Å². The van der Waals surface area contributed by atoms with Crippen LogP contribution in [0.15, 0.2) is 0 Å². The van der Waals surface area contributed by atoms with Crippen molar-refractivity contribution in [3.05, 3.63) is 0 Å². The Morgan fingerprint density at radius 3 is 2.19 bits per heavy atom. The molecule has 0 aromatic carbocycles. The van der Waals surface area contributed by atoms with Crippen molar-refractivity contribution in [3.63, 3.8) is 0 Å². The summed E-state index contributed by atoms with van der Waals surface area (Å²) < 4.78 is 0. The Labute approximate surface area is 99.2 Å². The molecule has 1 fully saturated rings. The molecule has 0 spiro atoms. The Hall–Kier alpha value is -0.570. The zero-order valence-electron chi connectivity index (χ0n) is 10.9. The summed E-state index contributed by atoms with van der Waals surface area (Å²) in [6.07, 6.45) is 5.34. The molecule has 0 aromatic rings. The van der Waals surface area contributed by atoms with Crippen LogP contribution in [0, 0.1) is 10.8 Å². The van der Waals surface area contributed by atoms with Crippen molar-refractivity contribution < 1.29 is 4.79 Å². The van der Waals surface area contributed by atoms with Gasteiger partial charge in [0.25, 0.3) is 0 Å². The van der Waals surface area contributed by atoms with Crippen molar-refractivity contribution in [2.45, 2.75) is 52.9 Å². The highest BCUT2D eigenvalue weighted by Gasteiger charge is 2.42. The summed E-state index contributed by atoms with van der Waals surface area (Å²) >= 11 is 0. The van der Waals surface area contributed by atoms with Gasteiger partial charge in [0.2, 0.25) is 5.91 Å². The molecule has 0 heterocycles. The number of hydrogen-bond donors (Lipinski definition) is 2. The molecule has 0 aliphatic heterocycles. The molecule has 0 bridgehead atoms. The smallest absolute Gasteiger partial charge is 0.227 e. The zero-order valence-corrected chi connectivity index (χ0v) is 10.9. The van der Waals surface area contributed by atoms with Gasteiger partial charge in [0.1, 0.15) is 0 Å². The van der Waals surface area contributed by atoms with Gasteiger partial charge in [0, 0.05) is 13.1 Å². The van der Waals surface area contributed by atoms with Gasteiger partial charge in [-0.2, -0.15) is 0 Å². The summed E-state index contributed by atoms with van der Waals surface area (Å²) in [6.45, 7) is 7.58. The first-order valence-electron chi connectivity index (χ1n) is 6.56. The van der Waals surface area contributed by atoms with Crippen LogP contribution in [-0.2, 0) is 4.79 Å². The fourth-order valence-corrected chi connectivity index (χ4v) is 2.24. The van der Waals surface area contributed by atoms with Crippen molar-refractivity contribution in [2.24, 2.45) is 16.6 Å². The van der Waals surface area contributed by atoms with Crippen LogP contribution in [0.4, 0.5) is 0 Å². The van der Waals surface area contributed by atoms with Crippen LogP contribution < -0.4 is 11.1 Å². The maximum atomic E-state index is 12.2. The lowest BCUT2D eigenvalue weighted by Gasteiger charge is -2.29. The second kappa shape index (κ2) is 5.17. The summed E-state index contributed by atoms with van der Waals surface area (Å²) in [5.74, 6) is 0.153. The van der Waals surface area contributed by atoms with Gasteiger partial charge in [-0.25, -0.2) is 0 Å². The molecular weight excluding hydrogens is 200 g/mol. The van der Waals surface area contributed by atoms with E-state index in [2.05, 4.69) is 12.2 Å². The lowest BCUT2D eigenvalue weighted by Crippen LogP contribution is -2.46. The average molecular weight is 226 g/mol. The fourth-order valence-electron chi connectivity index (χ4n) is 2.24. The largest absolute Gasteiger partial charge is 0.355 e. The number of nitrogens with two attached hydrogens (primary N) is 1. The minimum atomic E-state index is -0.343. The number of hydrogen-bond acceptors (Lipinski definition) is 2. The van der Waals surface area contributed by atoms with Crippen LogP contribution in [0.2, 0.25) is 0 Å². The molecule has 3 N–H and O–H groups in total. The Morgan fingerprint density at radius 1 is 1.31 bits per heavy atom. The number of rotatable bonds is 7. The quantitative estimate of drug-likeness (QED) is 0.698. The number of carbonyl (C=O) groups excluding carboxylic acids is 1. The van der Waals surface area contributed by atoms with Gasteiger partial charge >= 0.3 is 0 Å². The highest BCUT2D eigenvalue weighted by molar-refractivity contribution is 5.82. The van der Waals surface area contributed by atoms with E-state index in [4.69, 9.17) is 5.73 Å². The van der Waals surface area contributed by atoms with E-state index in [0.29, 0.717) is 12.0 Å². The molecule has 1 amide bonds. The predicted octanol–water partition coefficient (Wildman–Crippen LogP) is 2.06. The summed E-state index contributed by atoms with van der Waals surface area (Å²) in [6, 6.07) is 0. The second-order valence-electron chi connectivity index (χ2n) is 5.23. The first kappa shape index (κ1) is 13.5. The molecular formula is C13H26N2O. The van der Waals surface area contributed by atoms with Crippen molar-refractivity contribution >= 4 is 5.91 Å². The Kier molecular flexibility index (Phi) is 4.36. The van der Waals surface area contributed by atoms with Crippen LogP contribution in [0.1, 0.15) is 52.9 Å². The molecule has 1 aliphatic rings. The molecule has 16 heavy (non-hydrogen) atoms. The van der Waals surface area contributed by atoms with Gasteiger partial charge in [-0.3, -0.25) is 4.79 Å². The van der Waals surface area contributed by atoms with E-state index in [1.165, 1.54) is 19.3 Å². The molecule has 0 unspecified atom stereocenters. The van der Waals surface area contributed by atoms with Crippen LogP contribution in [0.5, 0.6) is 0 Å². The molecule has 1 rings (SSSR count). The van der Waals surface area contributed by atoms with Gasteiger partial charge in [-0.15, -0.1) is 0 Å². The average Bonchev–Trinajstić information content (AvgIpc) is 3.10. The minimum Gasteiger partial charge on any atom is -0.355 e. The third-order valence-corrected chi connectivity index (χ3v) is 4.56. The Morgan fingerprint density at radius 2 is 1.88 bits per heavy atom. The molecule has 0 saturated heterocycles. The lowest BCUT2D eigenvalue weighted by atomic mass is 9.81. The van der Waals surface area contributed by atoms with Crippen LogP contribution in [0.3, 0.4) is 0 Å². The molecule has 94 valence electrons. The maximum Gasteiger partial charge on any atom is 0.227 e. The first-order chi connectivity index (χ1) is 7.58. The first-order valence-corrected chi connectivity index (χ1v) is 6.56. The minimum absolute atomic E-state index is 0.153. The molecule has 3 heteroatoms. The molecule has 0 radical (unpaired) electrons. The van der Waals surface area contributed by atoms with Crippen LogP contribution in [0.25, 0.3) is 0 Å². The predicted molar refractivity (Wildman–Crippen MR) is 67.0 cm³/mol. The Balaban J connectivity index is 2.50. The summed E-state index contributed by atoms with van der Waals surface area (Å²) in [5, 5.41) is 3.11. The van der Waals surface area contributed by atoms with E-state index in [-0.39, 0.29) is 11.3 Å².